The van der Waals surface area contributed by atoms with E-state index in [1.807, 2.05) is 91.9 Å². The van der Waals surface area contributed by atoms with E-state index in [4.69, 9.17) is 0 Å². The molecule has 0 unspecified atom stereocenters. The van der Waals surface area contributed by atoms with Crippen LogP contribution < -0.4 is 15.5 Å². The summed E-state index contributed by atoms with van der Waals surface area (Å²) in [7, 11) is -3.07. The van der Waals surface area contributed by atoms with Gasteiger partial charge in [-0.05, 0) is 25.1 Å². The molecule has 0 spiro atoms. The van der Waals surface area contributed by atoms with Crippen LogP contribution in [0.4, 0.5) is 5.69 Å². The van der Waals surface area contributed by atoms with Gasteiger partial charge in [0.1, 0.15) is 0 Å². The molecule has 0 radical (unpaired) electrons. The molecule has 0 saturated carbocycles. The van der Waals surface area contributed by atoms with E-state index < -0.39 is 7.14 Å². The standard InChI is InChI=1S/C23H22NO2P/c1-3-23(25)24(20-16-14-19(2)15-17-20)18-27(26,21-10-6-4-7-11-21)22-12-8-5-9-13-22/h3-17H,1,18H2,2H3. The minimum absolute atomic E-state index is 0.0783. The number of carbonyl (C=O) groups excluding carboxylic acids is 1. The van der Waals surface area contributed by atoms with E-state index in [0.717, 1.165) is 16.2 Å². The van der Waals surface area contributed by atoms with Crippen LogP contribution in [-0.2, 0) is 9.36 Å². The third-order valence-electron chi connectivity index (χ3n) is 4.47. The minimum Gasteiger partial charge on any atom is -0.312 e. The molecule has 136 valence electrons. The van der Waals surface area contributed by atoms with Crippen molar-refractivity contribution < 1.29 is 9.36 Å². The van der Waals surface area contributed by atoms with E-state index in [-0.39, 0.29) is 12.2 Å². The number of hydrogen-bond donors (Lipinski definition) is 0. The van der Waals surface area contributed by atoms with Gasteiger partial charge in [-0.1, -0.05) is 84.9 Å². The van der Waals surface area contributed by atoms with Gasteiger partial charge in [-0.2, -0.15) is 0 Å². The van der Waals surface area contributed by atoms with Gasteiger partial charge in [0.15, 0.2) is 7.14 Å². The van der Waals surface area contributed by atoms with E-state index in [1.165, 1.54) is 6.08 Å². The fourth-order valence-corrected chi connectivity index (χ4v) is 5.60. The van der Waals surface area contributed by atoms with Crippen molar-refractivity contribution in [1.29, 1.82) is 0 Å². The Morgan fingerprint density at radius 1 is 0.889 bits per heavy atom. The van der Waals surface area contributed by atoms with Crippen LogP contribution in [0.2, 0.25) is 0 Å². The average molecular weight is 375 g/mol. The highest BCUT2D eigenvalue weighted by atomic mass is 31.2. The number of hydrogen-bond acceptors (Lipinski definition) is 2. The van der Waals surface area contributed by atoms with Crippen molar-refractivity contribution in [1.82, 2.24) is 0 Å². The highest BCUT2D eigenvalue weighted by Crippen LogP contribution is 2.44. The van der Waals surface area contributed by atoms with E-state index >= 15 is 0 Å². The normalized spacial score (nSPS) is 11.0. The molecule has 3 aromatic rings. The molecule has 1 amide bonds. The topological polar surface area (TPSA) is 37.4 Å². The molecule has 0 aliphatic rings. The summed E-state index contributed by atoms with van der Waals surface area (Å²) in [4.78, 5) is 14.2. The molecule has 0 heterocycles. The minimum atomic E-state index is -3.07. The molecule has 0 aromatic heterocycles. The molecular formula is C23H22NO2P. The summed E-state index contributed by atoms with van der Waals surface area (Å²) in [5.41, 5.74) is 1.80. The van der Waals surface area contributed by atoms with Crippen LogP contribution in [-0.4, -0.2) is 12.2 Å². The number of amides is 1. The zero-order valence-electron chi connectivity index (χ0n) is 15.3. The molecule has 3 aromatic carbocycles. The molecule has 27 heavy (non-hydrogen) atoms. The molecule has 0 fully saturated rings. The van der Waals surface area contributed by atoms with E-state index in [0.29, 0.717) is 5.69 Å². The number of nitrogens with zero attached hydrogens (tertiary/aromatic N) is 1. The lowest BCUT2D eigenvalue weighted by Crippen LogP contribution is -2.34. The number of anilines is 1. The van der Waals surface area contributed by atoms with Gasteiger partial charge >= 0.3 is 0 Å². The van der Waals surface area contributed by atoms with Crippen LogP contribution in [0.1, 0.15) is 5.56 Å². The van der Waals surface area contributed by atoms with Gasteiger partial charge in [-0.3, -0.25) is 4.79 Å². The summed E-state index contributed by atoms with van der Waals surface area (Å²) in [6, 6.07) is 26.3. The first kappa shape index (κ1) is 18.9. The summed E-state index contributed by atoms with van der Waals surface area (Å²) in [6.45, 7) is 5.61. The molecular weight excluding hydrogens is 353 g/mol. The van der Waals surface area contributed by atoms with Gasteiger partial charge < -0.3 is 9.46 Å². The van der Waals surface area contributed by atoms with E-state index in [9.17, 15) is 9.36 Å². The molecule has 0 bridgehead atoms. The second-order valence-corrected chi connectivity index (χ2v) is 9.15. The van der Waals surface area contributed by atoms with Crippen molar-refractivity contribution >= 4 is 29.3 Å². The fourth-order valence-electron chi connectivity index (χ4n) is 2.96. The van der Waals surface area contributed by atoms with Gasteiger partial charge in [-0.25, -0.2) is 0 Å². The van der Waals surface area contributed by atoms with Gasteiger partial charge in [0, 0.05) is 16.3 Å². The van der Waals surface area contributed by atoms with Crippen LogP contribution in [0.15, 0.2) is 97.6 Å². The Morgan fingerprint density at radius 3 is 1.81 bits per heavy atom. The monoisotopic (exact) mass is 375 g/mol. The molecule has 0 atom stereocenters. The Balaban J connectivity index is 2.11. The Labute approximate surface area is 160 Å². The predicted molar refractivity (Wildman–Crippen MR) is 113 cm³/mol. The SMILES string of the molecule is C=CC(=O)N(CP(=O)(c1ccccc1)c1ccccc1)c1ccc(C)cc1. The van der Waals surface area contributed by atoms with Crippen molar-refractivity contribution in [3.63, 3.8) is 0 Å². The molecule has 4 heteroatoms. The second-order valence-electron chi connectivity index (χ2n) is 6.36. The van der Waals surface area contributed by atoms with Crippen molar-refractivity contribution in [2.75, 3.05) is 11.2 Å². The zero-order valence-corrected chi connectivity index (χ0v) is 16.2. The molecule has 3 nitrogen and oxygen atoms in total. The number of rotatable bonds is 6. The lowest BCUT2D eigenvalue weighted by molar-refractivity contribution is -0.114. The van der Waals surface area contributed by atoms with Crippen LogP contribution in [0.3, 0.4) is 0 Å². The molecule has 0 saturated heterocycles. The van der Waals surface area contributed by atoms with Crippen LogP contribution >= 0.6 is 7.14 Å². The van der Waals surface area contributed by atoms with Crippen LogP contribution in [0, 0.1) is 6.92 Å². The van der Waals surface area contributed by atoms with Gasteiger partial charge in [0.25, 0.3) is 5.91 Å². The summed E-state index contributed by atoms with van der Waals surface area (Å²) in [5.74, 6) is -0.272. The van der Waals surface area contributed by atoms with Crippen LogP contribution in [0.5, 0.6) is 0 Å². The maximum atomic E-state index is 14.3. The molecule has 0 aliphatic heterocycles. The van der Waals surface area contributed by atoms with Crippen molar-refractivity contribution in [3.8, 4) is 0 Å². The largest absolute Gasteiger partial charge is 0.312 e. The maximum Gasteiger partial charge on any atom is 0.250 e. The molecule has 3 rings (SSSR count). The number of aryl methyl sites for hydroxylation is 1. The van der Waals surface area contributed by atoms with Crippen molar-refractivity contribution in [3.05, 3.63) is 103 Å². The number of carbonyl (C=O) groups is 1. The fraction of sp³-hybridized carbons (Fsp3) is 0.0870. The highest BCUT2D eigenvalue weighted by molar-refractivity contribution is 7.78. The first-order valence-corrected chi connectivity index (χ1v) is 10.6. The van der Waals surface area contributed by atoms with Crippen molar-refractivity contribution in [2.45, 2.75) is 6.92 Å². The second kappa shape index (κ2) is 8.20. The smallest absolute Gasteiger partial charge is 0.250 e. The summed E-state index contributed by atoms with van der Waals surface area (Å²) in [6.07, 6.45) is 1.34. The van der Waals surface area contributed by atoms with E-state index in [2.05, 4.69) is 6.58 Å². The first-order chi connectivity index (χ1) is 13.0. The lowest BCUT2D eigenvalue weighted by Gasteiger charge is -2.28. The van der Waals surface area contributed by atoms with Gasteiger partial charge in [0.2, 0.25) is 0 Å². The summed E-state index contributed by atoms with van der Waals surface area (Å²) >= 11 is 0. The molecule has 0 N–H and O–H groups in total. The Bertz CT molecular complexity index is 923. The average Bonchev–Trinajstić information content (AvgIpc) is 2.73. The third-order valence-corrected chi connectivity index (χ3v) is 7.42. The number of benzene rings is 3. The zero-order chi connectivity index (χ0) is 19.3. The van der Waals surface area contributed by atoms with E-state index in [1.54, 1.807) is 4.90 Å². The van der Waals surface area contributed by atoms with Crippen molar-refractivity contribution in [2.24, 2.45) is 0 Å². The molecule has 0 aliphatic carbocycles. The van der Waals surface area contributed by atoms with Crippen LogP contribution in [0.25, 0.3) is 0 Å². The Hall–Kier alpha value is -2.90. The third kappa shape index (κ3) is 4.10. The predicted octanol–water partition coefficient (Wildman–Crippen LogP) is 4.49. The summed E-state index contributed by atoms with van der Waals surface area (Å²) < 4.78 is 14.3. The summed E-state index contributed by atoms with van der Waals surface area (Å²) in [5, 5.41) is 1.45. The first-order valence-electron chi connectivity index (χ1n) is 8.75. The Morgan fingerprint density at radius 2 is 1.37 bits per heavy atom. The maximum absolute atomic E-state index is 14.3. The highest BCUT2D eigenvalue weighted by Gasteiger charge is 2.31. The lowest BCUT2D eigenvalue weighted by atomic mass is 10.2. The van der Waals surface area contributed by atoms with Gasteiger partial charge in [-0.15, -0.1) is 0 Å². The quantitative estimate of drug-likeness (QED) is 0.470. The van der Waals surface area contributed by atoms with Gasteiger partial charge in [0.05, 0.1) is 6.29 Å². The Kier molecular flexibility index (Phi) is 5.73.